The smallest absolute Gasteiger partial charge is 0.0991 e. The predicted molar refractivity (Wildman–Crippen MR) is 63.5 cm³/mol. The molecule has 1 aromatic carbocycles. The molecule has 0 saturated carbocycles. The summed E-state index contributed by atoms with van der Waals surface area (Å²) in [5, 5.41) is 17.9. The van der Waals surface area contributed by atoms with Gasteiger partial charge in [-0.25, -0.2) is 0 Å². The molecule has 0 saturated heterocycles. The van der Waals surface area contributed by atoms with Gasteiger partial charge in [-0.1, -0.05) is 26.0 Å². The zero-order valence-corrected chi connectivity index (χ0v) is 9.83. The van der Waals surface area contributed by atoms with E-state index in [0.29, 0.717) is 5.56 Å². The molecular formula is C14H16N2. The van der Waals surface area contributed by atoms with Crippen LogP contribution >= 0.6 is 0 Å². The normalized spacial score (nSPS) is 10.5. The van der Waals surface area contributed by atoms with Crippen molar-refractivity contribution in [3.63, 3.8) is 0 Å². The summed E-state index contributed by atoms with van der Waals surface area (Å²) in [5.74, 6) is 0. The highest BCUT2D eigenvalue weighted by atomic mass is 14.4. The van der Waals surface area contributed by atoms with Crippen LogP contribution in [0.4, 0.5) is 0 Å². The lowest BCUT2D eigenvalue weighted by atomic mass is 9.78. The highest BCUT2D eigenvalue weighted by molar-refractivity contribution is 5.32. The molecule has 0 aliphatic rings. The third-order valence-corrected chi connectivity index (χ3v) is 3.22. The summed E-state index contributed by atoms with van der Waals surface area (Å²) < 4.78 is 0. The number of hydrogen-bond acceptors (Lipinski definition) is 2. The van der Waals surface area contributed by atoms with Crippen molar-refractivity contribution >= 4 is 0 Å². The summed E-state index contributed by atoms with van der Waals surface area (Å²) in [6, 6.07) is 12.0. The second-order valence-electron chi connectivity index (χ2n) is 4.08. The Labute approximate surface area is 97.1 Å². The van der Waals surface area contributed by atoms with E-state index in [4.69, 9.17) is 5.26 Å². The lowest BCUT2D eigenvalue weighted by Gasteiger charge is -2.23. The first-order valence-corrected chi connectivity index (χ1v) is 5.60. The molecule has 0 N–H and O–H groups in total. The predicted octanol–water partition coefficient (Wildman–Crippen LogP) is 3.43. The fraction of sp³-hybridized carbons (Fsp3) is 0.429. The summed E-state index contributed by atoms with van der Waals surface area (Å²) in [4.78, 5) is 0. The molecule has 16 heavy (non-hydrogen) atoms. The molecule has 82 valence electrons. The standard InChI is InChI=1S/C14H16N2/c1-3-14(4-2,11-16)9-12-5-7-13(10-15)8-6-12/h5-8H,3-4,9H2,1-2H3. The summed E-state index contributed by atoms with van der Waals surface area (Å²) in [7, 11) is 0. The van der Waals surface area contributed by atoms with Crippen molar-refractivity contribution in [3.8, 4) is 12.1 Å². The van der Waals surface area contributed by atoms with Gasteiger partial charge in [-0.2, -0.15) is 10.5 Å². The SMILES string of the molecule is CCC(C#N)(CC)Cc1ccc(C#N)cc1. The molecule has 2 nitrogen and oxygen atoms in total. The van der Waals surface area contributed by atoms with Crippen molar-refractivity contribution in [2.75, 3.05) is 0 Å². The Morgan fingerprint density at radius 1 is 1.06 bits per heavy atom. The molecule has 0 bridgehead atoms. The molecule has 0 atom stereocenters. The first-order valence-electron chi connectivity index (χ1n) is 5.60. The number of rotatable bonds is 4. The van der Waals surface area contributed by atoms with Gasteiger partial charge in [0.2, 0.25) is 0 Å². The van der Waals surface area contributed by atoms with Crippen LogP contribution < -0.4 is 0 Å². The quantitative estimate of drug-likeness (QED) is 0.767. The van der Waals surface area contributed by atoms with Crippen LogP contribution in [0.5, 0.6) is 0 Å². The zero-order valence-electron chi connectivity index (χ0n) is 9.83. The van der Waals surface area contributed by atoms with Gasteiger partial charge in [-0.15, -0.1) is 0 Å². The van der Waals surface area contributed by atoms with Crippen LogP contribution in [0.2, 0.25) is 0 Å². The van der Waals surface area contributed by atoms with Gasteiger partial charge in [-0.3, -0.25) is 0 Å². The van der Waals surface area contributed by atoms with E-state index in [1.165, 1.54) is 0 Å². The minimum absolute atomic E-state index is 0.256. The average Bonchev–Trinajstić information content (AvgIpc) is 2.37. The molecule has 0 aliphatic carbocycles. The number of nitriles is 2. The minimum Gasteiger partial charge on any atom is -0.198 e. The molecule has 0 heterocycles. The highest BCUT2D eigenvalue weighted by Crippen LogP contribution is 2.30. The second-order valence-corrected chi connectivity index (χ2v) is 4.08. The molecule has 0 unspecified atom stereocenters. The monoisotopic (exact) mass is 212 g/mol. The Morgan fingerprint density at radius 3 is 2.00 bits per heavy atom. The summed E-state index contributed by atoms with van der Waals surface area (Å²) in [5.41, 5.74) is 1.54. The fourth-order valence-corrected chi connectivity index (χ4v) is 1.79. The number of nitrogens with zero attached hydrogens (tertiary/aromatic N) is 2. The van der Waals surface area contributed by atoms with Crippen LogP contribution in [-0.4, -0.2) is 0 Å². The fourth-order valence-electron chi connectivity index (χ4n) is 1.79. The Morgan fingerprint density at radius 2 is 1.62 bits per heavy atom. The van der Waals surface area contributed by atoms with E-state index < -0.39 is 0 Å². The van der Waals surface area contributed by atoms with Gasteiger partial charge in [0.15, 0.2) is 0 Å². The zero-order chi connectivity index (χ0) is 12.0. The van der Waals surface area contributed by atoms with Crippen molar-refractivity contribution < 1.29 is 0 Å². The van der Waals surface area contributed by atoms with Crippen LogP contribution in [-0.2, 0) is 6.42 Å². The van der Waals surface area contributed by atoms with E-state index >= 15 is 0 Å². The van der Waals surface area contributed by atoms with E-state index in [0.717, 1.165) is 24.8 Å². The van der Waals surface area contributed by atoms with Crippen molar-refractivity contribution in [3.05, 3.63) is 35.4 Å². The first kappa shape index (κ1) is 12.3. The number of hydrogen-bond donors (Lipinski definition) is 0. The molecule has 0 amide bonds. The van der Waals surface area contributed by atoms with E-state index in [9.17, 15) is 5.26 Å². The minimum atomic E-state index is -0.256. The first-order chi connectivity index (χ1) is 7.69. The van der Waals surface area contributed by atoms with Gasteiger partial charge in [-0.05, 0) is 37.0 Å². The third-order valence-electron chi connectivity index (χ3n) is 3.22. The van der Waals surface area contributed by atoms with E-state index in [1.54, 1.807) is 0 Å². The van der Waals surface area contributed by atoms with Crippen LogP contribution in [0.3, 0.4) is 0 Å². The van der Waals surface area contributed by atoms with Gasteiger partial charge < -0.3 is 0 Å². The molecular weight excluding hydrogens is 196 g/mol. The molecule has 0 aromatic heterocycles. The molecule has 0 aliphatic heterocycles. The molecule has 1 rings (SSSR count). The van der Waals surface area contributed by atoms with Crippen LogP contribution in [0.15, 0.2) is 24.3 Å². The van der Waals surface area contributed by atoms with Crippen molar-refractivity contribution in [1.29, 1.82) is 10.5 Å². The van der Waals surface area contributed by atoms with Gasteiger partial charge in [0.05, 0.1) is 23.1 Å². The van der Waals surface area contributed by atoms with Gasteiger partial charge in [0, 0.05) is 0 Å². The Kier molecular flexibility index (Phi) is 4.09. The van der Waals surface area contributed by atoms with Gasteiger partial charge in [0.25, 0.3) is 0 Å². The second kappa shape index (κ2) is 5.33. The number of benzene rings is 1. The van der Waals surface area contributed by atoms with Crippen molar-refractivity contribution in [1.82, 2.24) is 0 Å². The molecule has 0 spiro atoms. The largest absolute Gasteiger partial charge is 0.198 e. The average molecular weight is 212 g/mol. The van der Waals surface area contributed by atoms with E-state index in [1.807, 2.05) is 24.3 Å². The van der Waals surface area contributed by atoms with Crippen LogP contribution in [0.1, 0.15) is 37.8 Å². The lowest BCUT2D eigenvalue weighted by molar-refractivity contribution is 0.363. The lowest BCUT2D eigenvalue weighted by Crippen LogP contribution is -2.19. The molecule has 1 aromatic rings. The summed E-state index contributed by atoms with van der Waals surface area (Å²) in [6.07, 6.45) is 2.49. The van der Waals surface area contributed by atoms with Crippen molar-refractivity contribution in [2.24, 2.45) is 5.41 Å². The molecule has 0 radical (unpaired) electrons. The summed E-state index contributed by atoms with van der Waals surface area (Å²) in [6.45, 7) is 4.10. The topological polar surface area (TPSA) is 47.6 Å². The van der Waals surface area contributed by atoms with Gasteiger partial charge in [0.1, 0.15) is 0 Å². The summed E-state index contributed by atoms with van der Waals surface area (Å²) >= 11 is 0. The maximum Gasteiger partial charge on any atom is 0.0991 e. The Hall–Kier alpha value is -1.80. The third kappa shape index (κ3) is 2.61. The van der Waals surface area contributed by atoms with E-state index in [-0.39, 0.29) is 5.41 Å². The van der Waals surface area contributed by atoms with Crippen LogP contribution in [0.25, 0.3) is 0 Å². The maximum atomic E-state index is 9.24. The highest BCUT2D eigenvalue weighted by Gasteiger charge is 2.25. The molecule has 2 heteroatoms. The Bertz CT molecular complexity index is 414. The maximum absolute atomic E-state index is 9.24. The van der Waals surface area contributed by atoms with Gasteiger partial charge >= 0.3 is 0 Å². The van der Waals surface area contributed by atoms with Crippen molar-refractivity contribution in [2.45, 2.75) is 33.1 Å². The Balaban J connectivity index is 2.88. The van der Waals surface area contributed by atoms with Crippen LogP contribution in [0, 0.1) is 28.1 Å². The van der Waals surface area contributed by atoms with E-state index in [2.05, 4.69) is 26.0 Å². The molecule has 0 fully saturated rings.